The van der Waals surface area contributed by atoms with Gasteiger partial charge in [0.15, 0.2) is 4.67 Å². The van der Waals surface area contributed by atoms with Crippen LogP contribution in [0, 0.1) is 0 Å². The minimum Gasteiger partial charge on any atom is -0.452 e. The molecule has 0 aromatic carbocycles. The lowest BCUT2D eigenvalue weighted by Gasteiger charge is -2.04. The lowest BCUT2D eigenvalue weighted by Crippen LogP contribution is -2.24. The van der Waals surface area contributed by atoms with E-state index in [1.807, 2.05) is 0 Å². The molecule has 2 N–H and O–H groups in total. The van der Waals surface area contributed by atoms with E-state index in [1.165, 1.54) is 0 Å². The second-order valence-electron chi connectivity index (χ2n) is 4.63. The smallest absolute Gasteiger partial charge is 0.244 e. The van der Waals surface area contributed by atoms with E-state index in [0.29, 0.717) is 18.8 Å². The zero-order valence-corrected chi connectivity index (χ0v) is 14.4. The zero-order chi connectivity index (χ0) is 15.0. The monoisotopic (exact) mass is 366 g/mol. The first-order chi connectivity index (χ1) is 9.51. The third kappa shape index (κ3) is 5.55. The zero-order valence-electron chi connectivity index (χ0n) is 12.0. The van der Waals surface area contributed by atoms with Crippen molar-refractivity contribution >= 4 is 26.0 Å². The second kappa shape index (κ2) is 8.81. The Kier molecular flexibility index (Phi) is 7.79. The molecule has 0 aliphatic rings. The van der Waals surface area contributed by atoms with Crippen molar-refractivity contribution in [1.82, 2.24) is 10.0 Å². The van der Waals surface area contributed by atoms with Crippen molar-refractivity contribution in [3.63, 3.8) is 0 Å². The summed E-state index contributed by atoms with van der Waals surface area (Å²) in [5.74, 6) is 0.610. The number of sulfonamides is 1. The van der Waals surface area contributed by atoms with Crippen molar-refractivity contribution in [3.8, 4) is 0 Å². The van der Waals surface area contributed by atoms with Crippen LogP contribution in [0.3, 0.4) is 0 Å². The van der Waals surface area contributed by atoms with E-state index in [-0.39, 0.29) is 9.56 Å². The van der Waals surface area contributed by atoms with Crippen LogP contribution < -0.4 is 10.0 Å². The molecule has 0 unspecified atom stereocenters. The van der Waals surface area contributed by atoms with Gasteiger partial charge in [0, 0.05) is 12.6 Å². The van der Waals surface area contributed by atoms with Crippen LogP contribution in [-0.2, 0) is 16.6 Å². The number of hydrogen-bond donors (Lipinski definition) is 2. The van der Waals surface area contributed by atoms with Gasteiger partial charge in [-0.15, -0.1) is 0 Å². The summed E-state index contributed by atoms with van der Waals surface area (Å²) in [6.45, 7) is 6.00. The van der Waals surface area contributed by atoms with Gasteiger partial charge in [-0.25, -0.2) is 13.1 Å². The fraction of sp³-hybridized carbons (Fsp3) is 0.692. The summed E-state index contributed by atoms with van der Waals surface area (Å²) in [5.41, 5.74) is 0. The van der Waals surface area contributed by atoms with Crippen LogP contribution >= 0.6 is 15.9 Å². The Labute approximate surface area is 129 Å². The molecule has 1 aromatic heterocycles. The molecule has 0 bridgehead atoms. The van der Waals surface area contributed by atoms with Crippen molar-refractivity contribution in [2.24, 2.45) is 0 Å². The molecule has 1 aromatic rings. The van der Waals surface area contributed by atoms with Gasteiger partial charge in [0.2, 0.25) is 10.0 Å². The predicted octanol–water partition coefficient (Wildman–Crippen LogP) is 3.01. The van der Waals surface area contributed by atoms with E-state index in [0.717, 1.165) is 32.2 Å². The topological polar surface area (TPSA) is 71.3 Å². The van der Waals surface area contributed by atoms with Gasteiger partial charge < -0.3 is 9.73 Å². The number of hydrogen-bond acceptors (Lipinski definition) is 4. The van der Waals surface area contributed by atoms with Gasteiger partial charge in [-0.1, -0.05) is 26.7 Å². The summed E-state index contributed by atoms with van der Waals surface area (Å²) in [6, 6.07) is 1.56. The Morgan fingerprint density at radius 1 is 1.20 bits per heavy atom. The lowest BCUT2D eigenvalue weighted by atomic mass is 10.3. The molecule has 0 saturated heterocycles. The summed E-state index contributed by atoms with van der Waals surface area (Å²) < 4.78 is 32.5. The maximum absolute atomic E-state index is 12.1. The van der Waals surface area contributed by atoms with Gasteiger partial charge in [0.25, 0.3) is 0 Å². The fourth-order valence-electron chi connectivity index (χ4n) is 1.72. The second-order valence-corrected chi connectivity index (χ2v) is 7.09. The first-order valence-corrected chi connectivity index (χ1v) is 9.27. The SMILES string of the molecule is CCCCCNS(=O)(=O)c1cc(CNCCC)oc1Br. The number of furan rings is 1. The third-order valence-corrected chi connectivity index (χ3v) is 5.11. The molecule has 7 heteroatoms. The van der Waals surface area contributed by atoms with Gasteiger partial charge >= 0.3 is 0 Å². The van der Waals surface area contributed by atoms with Crippen molar-refractivity contribution in [1.29, 1.82) is 0 Å². The van der Waals surface area contributed by atoms with Crippen LogP contribution in [0.15, 0.2) is 20.0 Å². The number of nitrogens with one attached hydrogen (secondary N) is 2. The largest absolute Gasteiger partial charge is 0.452 e. The van der Waals surface area contributed by atoms with E-state index in [9.17, 15) is 8.42 Å². The van der Waals surface area contributed by atoms with Gasteiger partial charge in [0.1, 0.15) is 10.7 Å². The molecule has 0 atom stereocenters. The van der Waals surface area contributed by atoms with Crippen molar-refractivity contribution in [2.45, 2.75) is 51.0 Å². The number of unbranched alkanes of at least 4 members (excludes halogenated alkanes) is 2. The van der Waals surface area contributed by atoms with Gasteiger partial charge in [0.05, 0.1) is 6.54 Å². The average Bonchev–Trinajstić information content (AvgIpc) is 2.77. The van der Waals surface area contributed by atoms with E-state index >= 15 is 0 Å². The van der Waals surface area contributed by atoms with Crippen LogP contribution in [0.2, 0.25) is 0 Å². The highest BCUT2D eigenvalue weighted by atomic mass is 79.9. The normalized spacial score (nSPS) is 11.9. The number of rotatable bonds is 10. The first-order valence-electron chi connectivity index (χ1n) is 6.99. The lowest BCUT2D eigenvalue weighted by molar-refractivity contribution is 0.461. The summed E-state index contributed by atoms with van der Waals surface area (Å²) in [7, 11) is -3.50. The van der Waals surface area contributed by atoms with Crippen LogP contribution in [0.5, 0.6) is 0 Å². The van der Waals surface area contributed by atoms with Crippen molar-refractivity contribution in [3.05, 3.63) is 16.5 Å². The third-order valence-electron chi connectivity index (χ3n) is 2.79. The van der Waals surface area contributed by atoms with Crippen LogP contribution in [-0.4, -0.2) is 21.5 Å². The Hall–Kier alpha value is -0.370. The summed E-state index contributed by atoms with van der Waals surface area (Å²) >= 11 is 3.17. The molecule has 5 nitrogen and oxygen atoms in total. The summed E-state index contributed by atoms with van der Waals surface area (Å²) in [5, 5.41) is 3.17. The minimum atomic E-state index is -3.50. The van der Waals surface area contributed by atoms with Gasteiger partial charge in [-0.2, -0.15) is 0 Å². The molecule has 20 heavy (non-hydrogen) atoms. The van der Waals surface area contributed by atoms with Gasteiger partial charge in [-0.05, 0) is 35.3 Å². The van der Waals surface area contributed by atoms with Crippen molar-refractivity contribution in [2.75, 3.05) is 13.1 Å². The average molecular weight is 367 g/mol. The van der Waals surface area contributed by atoms with Crippen molar-refractivity contribution < 1.29 is 12.8 Å². The Bertz CT molecular complexity index is 500. The van der Waals surface area contributed by atoms with E-state index in [2.05, 4.69) is 39.8 Å². The highest BCUT2D eigenvalue weighted by molar-refractivity contribution is 9.10. The molecule has 0 radical (unpaired) electrons. The molecule has 0 aliphatic carbocycles. The standard InChI is InChI=1S/C13H23BrN2O3S/c1-3-5-6-8-16-20(17,18)12-9-11(19-13(12)14)10-15-7-4-2/h9,15-16H,3-8,10H2,1-2H3. The minimum absolute atomic E-state index is 0.169. The summed E-state index contributed by atoms with van der Waals surface area (Å²) in [4.78, 5) is 0.169. The highest BCUT2D eigenvalue weighted by Crippen LogP contribution is 2.26. The molecule has 0 fully saturated rings. The molecule has 0 aliphatic heterocycles. The quantitative estimate of drug-likeness (QED) is 0.624. The van der Waals surface area contributed by atoms with E-state index in [1.54, 1.807) is 6.07 Å². The van der Waals surface area contributed by atoms with E-state index < -0.39 is 10.0 Å². The predicted molar refractivity (Wildman–Crippen MR) is 83.1 cm³/mol. The molecular weight excluding hydrogens is 344 g/mol. The molecule has 0 amide bonds. The molecule has 116 valence electrons. The number of halogens is 1. The first kappa shape index (κ1) is 17.7. The maximum Gasteiger partial charge on any atom is 0.244 e. The molecule has 1 heterocycles. The Balaban J connectivity index is 2.64. The molecule has 0 saturated carbocycles. The Morgan fingerprint density at radius 3 is 2.60 bits per heavy atom. The molecule has 0 spiro atoms. The summed E-state index contributed by atoms with van der Waals surface area (Å²) in [6.07, 6.45) is 3.94. The maximum atomic E-state index is 12.1. The van der Waals surface area contributed by atoms with Crippen LogP contribution in [0.4, 0.5) is 0 Å². The van der Waals surface area contributed by atoms with Crippen LogP contribution in [0.25, 0.3) is 0 Å². The highest BCUT2D eigenvalue weighted by Gasteiger charge is 2.21. The molecular formula is C13H23BrN2O3S. The van der Waals surface area contributed by atoms with Gasteiger partial charge in [-0.3, -0.25) is 0 Å². The van der Waals surface area contributed by atoms with E-state index in [4.69, 9.17) is 4.42 Å². The van der Waals surface area contributed by atoms with Crippen LogP contribution in [0.1, 0.15) is 45.3 Å². The fourth-order valence-corrected chi connectivity index (χ4v) is 3.79. The Morgan fingerprint density at radius 2 is 1.95 bits per heavy atom. The molecule has 1 rings (SSSR count).